The van der Waals surface area contributed by atoms with E-state index >= 15 is 0 Å². The lowest BCUT2D eigenvalue weighted by Gasteiger charge is -2.33. The Hall–Kier alpha value is -0.353. The number of hydrogen-bond acceptors (Lipinski definition) is 3. The smallest absolute Gasteiger partial charge is 0.334 e. The normalized spacial score (nSPS) is 16.3. The molecule has 0 saturated carbocycles. The van der Waals surface area contributed by atoms with Gasteiger partial charge in [-0.3, -0.25) is 0 Å². The van der Waals surface area contributed by atoms with E-state index in [0.29, 0.717) is 0 Å². The van der Waals surface area contributed by atoms with Crippen molar-refractivity contribution >= 4 is 15.0 Å². The lowest BCUT2D eigenvalue weighted by Crippen LogP contribution is -2.41. The first kappa shape index (κ1) is 14.6. The van der Waals surface area contributed by atoms with Gasteiger partial charge < -0.3 is 9.16 Å². The van der Waals surface area contributed by atoms with Gasteiger partial charge in [0.05, 0.1) is 7.11 Å². The fourth-order valence-electron chi connectivity index (χ4n) is 1.24. The number of esters is 1. The molecular formula is C11H24O3Si. The first-order valence-corrected chi connectivity index (χ1v) is 8.21. The molecule has 0 spiro atoms. The second-order valence-corrected chi connectivity index (χ2v) is 7.65. The summed E-state index contributed by atoms with van der Waals surface area (Å²) in [5.41, 5.74) is 0.0438. The maximum atomic E-state index is 11.6. The Balaban J connectivity index is 4.70. The fourth-order valence-corrected chi connectivity index (χ4v) is 2.17. The van der Waals surface area contributed by atoms with Gasteiger partial charge in [-0.1, -0.05) is 27.7 Å². The molecule has 0 amide bonds. The molecule has 3 nitrogen and oxygen atoms in total. The first-order valence-electron chi connectivity index (χ1n) is 5.43. The van der Waals surface area contributed by atoms with E-state index in [-0.39, 0.29) is 17.3 Å². The fraction of sp³-hybridized carbons (Fsp3) is 0.909. The van der Waals surface area contributed by atoms with E-state index in [1.54, 1.807) is 0 Å². The highest BCUT2D eigenvalue weighted by Crippen LogP contribution is 2.30. The molecule has 4 heteroatoms. The molecule has 90 valence electrons. The third-order valence-electron chi connectivity index (χ3n) is 2.67. The zero-order chi connectivity index (χ0) is 12.2. The summed E-state index contributed by atoms with van der Waals surface area (Å²) in [4.78, 5) is 11.6. The molecule has 0 fully saturated rings. The summed E-state index contributed by atoms with van der Waals surface area (Å²) in [6.07, 6.45) is -0.415. The van der Waals surface area contributed by atoms with Gasteiger partial charge in [0, 0.05) is 0 Å². The van der Waals surface area contributed by atoms with Gasteiger partial charge in [0.1, 0.15) is 6.10 Å². The van der Waals surface area contributed by atoms with E-state index in [1.165, 1.54) is 7.11 Å². The predicted octanol–water partition coefficient (Wildman–Crippen LogP) is 2.21. The van der Waals surface area contributed by atoms with Crippen molar-refractivity contribution in [3.63, 3.8) is 0 Å². The lowest BCUT2D eigenvalue weighted by molar-refractivity contribution is -0.153. The molecule has 0 heterocycles. The topological polar surface area (TPSA) is 35.5 Å². The number of carbonyl (C=O) groups excluding carboxylic acids is 1. The van der Waals surface area contributed by atoms with Gasteiger partial charge >= 0.3 is 5.97 Å². The highest BCUT2D eigenvalue weighted by Gasteiger charge is 2.35. The maximum Gasteiger partial charge on any atom is 0.334 e. The highest BCUT2D eigenvalue weighted by molar-refractivity contribution is 6.48. The monoisotopic (exact) mass is 232 g/mol. The third-order valence-corrected chi connectivity index (χ3v) is 3.51. The van der Waals surface area contributed by atoms with E-state index in [1.807, 2.05) is 6.92 Å². The third kappa shape index (κ3) is 4.80. The van der Waals surface area contributed by atoms with Crippen molar-refractivity contribution in [1.29, 1.82) is 0 Å². The summed E-state index contributed by atoms with van der Waals surface area (Å²) in [6, 6.07) is 0. The molecule has 2 atom stereocenters. The Kier molecular flexibility index (Phi) is 5.52. The summed E-state index contributed by atoms with van der Waals surface area (Å²) in [5, 5.41) is 0. The Morgan fingerprint density at radius 2 is 1.73 bits per heavy atom. The minimum absolute atomic E-state index is 0.0438. The van der Waals surface area contributed by atoms with Crippen LogP contribution in [-0.4, -0.2) is 28.2 Å². The van der Waals surface area contributed by atoms with Crippen molar-refractivity contribution in [3.05, 3.63) is 0 Å². The van der Waals surface area contributed by atoms with Crippen LogP contribution in [0.1, 0.15) is 27.7 Å². The minimum Gasteiger partial charge on any atom is -0.467 e. The molecule has 0 bridgehead atoms. The van der Waals surface area contributed by atoms with Crippen LogP contribution in [0, 0.1) is 11.3 Å². The van der Waals surface area contributed by atoms with Crippen molar-refractivity contribution in [1.82, 2.24) is 0 Å². The summed E-state index contributed by atoms with van der Waals surface area (Å²) in [7, 11) is 0.185. The number of rotatable bonds is 4. The molecule has 0 aromatic carbocycles. The molecular weight excluding hydrogens is 208 g/mol. The molecule has 0 aliphatic heterocycles. The Bertz CT molecular complexity index is 208. The van der Waals surface area contributed by atoms with Crippen LogP contribution in [-0.2, 0) is 14.0 Å². The van der Waals surface area contributed by atoms with Gasteiger partial charge in [0.25, 0.3) is 0 Å². The van der Waals surface area contributed by atoms with Crippen molar-refractivity contribution in [3.8, 4) is 0 Å². The second kappa shape index (κ2) is 5.65. The van der Waals surface area contributed by atoms with Crippen molar-refractivity contribution in [2.75, 3.05) is 7.11 Å². The van der Waals surface area contributed by atoms with Crippen LogP contribution >= 0.6 is 0 Å². The number of carbonyl (C=O) groups is 1. The molecule has 2 unspecified atom stereocenters. The SMILES string of the molecule is COC(=O)C(O[SiH](C)C)C(C)C(C)(C)C. The molecule has 0 aliphatic carbocycles. The number of methoxy groups -OCH3 is 1. The van der Waals surface area contributed by atoms with Gasteiger partial charge in [-0.25, -0.2) is 4.79 Å². The van der Waals surface area contributed by atoms with Crippen LogP contribution in [0.2, 0.25) is 13.1 Å². The van der Waals surface area contributed by atoms with Gasteiger partial charge in [-0.2, -0.15) is 0 Å². The van der Waals surface area contributed by atoms with E-state index in [0.717, 1.165) is 0 Å². The molecule has 0 radical (unpaired) electrons. The number of hydrogen-bond donors (Lipinski definition) is 0. The Morgan fingerprint density at radius 3 is 2.00 bits per heavy atom. The lowest BCUT2D eigenvalue weighted by atomic mass is 9.79. The van der Waals surface area contributed by atoms with Crippen LogP contribution < -0.4 is 0 Å². The van der Waals surface area contributed by atoms with Gasteiger partial charge in [0.2, 0.25) is 0 Å². The first-order chi connectivity index (χ1) is 6.70. The van der Waals surface area contributed by atoms with Gasteiger partial charge in [-0.15, -0.1) is 0 Å². The van der Waals surface area contributed by atoms with Gasteiger partial charge in [-0.05, 0) is 24.4 Å². The van der Waals surface area contributed by atoms with Gasteiger partial charge in [0.15, 0.2) is 9.04 Å². The minimum atomic E-state index is -1.23. The molecule has 0 saturated heterocycles. The van der Waals surface area contributed by atoms with Crippen LogP contribution in [0.3, 0.4) is 0 Å². The maximum absolute atomic E-state index is 11.6. The van der Waals surface area contributed by atoms with Crippen LogP contribution in [0.4, 0.5) is 0 Å². The standard InChI is InChI=1S/C11H24O3Si/c1-8(11(2,3)4)9(10(12)13-5)14-15(6)7/h8-9,15H,1-7H3. The Labute approximate surface area is 94.9 Å². The highest BCUT2D eigenvalue weighted by atomic mass is 28.3. The summed E-state index contributed by atoms with van der Waals surface area (Å²) in [5.74, 6) is -0.0986. The molecule has 0 aliphatic rings. The zero-order valence-corrected chi connectivity index (χ0v) is 12.1. The average Bonchev–Trinajstić information content (AvgIpc) is 2.10. The largest absolute Gasteiger partial charge is 0.467 e. The summed E-state index contributed by atoms with van der Waals surface area (Å²) in [6.45, 7) is 12.5. The zero-order valence-electron chi connectivity index (χ0n) is 11.0. The van der Waals surface area contributed by atoms with Crippen molar-refractivity contribution in [2.24, 2.45) is 11.3 Å². The molecule has 0 rings (SSSR count). The summed E-state index contributed by atoms with van der Waals surface area (Å²) >= 11 is 0. The van der Waals surface area contributed by atoms with E-state index < -0.39 is 15.1 Å². The van der Waals surface area contributed by atoms with E-state index in [9.17, 15) is 4.79 Å². The molecule has 0 N–H and O–H groups in total. The molecule has 15 heavy (non-hydrogen) atoms. The predicted molar refractivity (Wildman–Crippen MR) is 64.4 cm³/mol. The van der Waals surface area contributed by atoms with Crippen molar-refractivity contribution in [2.45, 2.75) is 46.9 Å². The van der Waals surface area contributed by atoms with E-state index in [4.69, 9.17) is 9.16 Å². The van der Waals surface area contributed by atoms with Crippen LogP contribution in [0.5, 0.6) is 0 Å². The van der Waals surface area contributed by atoms with Crippen LogP contribution in [0.15, 0.2) is 0 Å². The molecule has 0 aromatic heterocycles. The van der Waals surface area contributed by atoms with Crippen molar-refractivity contribution < 1.29 is 14.0 Å². The van der Waals surface area contributed by atoms with Crippen LogP contribution in [0.25, 0.3) is 0 Å². The molecule has 0 aromatic rings. The number of ether oxygens (including phenoxy) is 1. The van der Waals surface area contributed by atoms with E-state index in [2.05, 4.69) is 33.9 Å². The Morgan fingerprint density at radius 1 is 1.27 bits per heavy atom. The summed E-state index contributed by atoms with van der Waals surface area (Å²) < 4.78 is 10.5. The second-order valence-electron chi connectivity index (χ2n) is 5.28. The quantitative estimate of drug-likeness (QED) is 0.551. The average molecular weight is 232 g/mol.